The maximum Gasteiger partial charge on any atom is 0.227 e. The van der Waals surface area contributed by atoms with Gasteiger partial charge >= 0.3 is 0 Å². The maximum absolute atomic E-state index is 12.5. The Labute approximate surface area is 163 Å². The number of nitriles is 1. The van der Waals surface area contributed by atoms with Gasteiger partial charge in [-0.3, -0.25) is 9.59 Å². The van der Waals surface area contributed by atoms with E-state index in [4.69, 9.17) is 5.26 Å². The van der Waals surface area contributed by atoms with Gasteiger partial charge in [-0.2, -0.15) is 5.26 Å². The molecule has 0 fully saturated rings. The van der Waals surface area contributed by atoms with Crippen molar-refractivity contribution in [2.24, 2.45) is 0 Å². The van der Waals surface area contributed by atoms with Crippen molar-refractivity contribution < 1.29 is 9.59 Å². The van der Waals surface area contributed by atoms with Crippen molar-refractivity contribution in [1.82, 2.24) is 5.32 Å². The lowest BCUT2D eigenvalue weighted by molar-refractivity contribution is -0.125. The highest BCUT2D eigenvalue weighted by Gasteiger charge is 2.16. The Kier molecular flexibility index (Phi) is 12.4. The van der Waals surface area contributed by atoms with Gasteiger partial charge in [0.2, 0.25) is 11.8 Å². The Morgan fingerprint density at radius 3 is 2.33 bits per heavy atom. The molecule has 5 nitrogen and oxygen atoms in total. The maximum atomic E-state index is 12.5. The first-order chi connectivity index (χ1) is 13.2. The number of carbonyl (C=O) groups is 2. The van der Waals surface area contributed by atoms with E-state index in [1.807, 2.05) is 30.3 Å². The third kappa shape index (κ3) is 10.4. The highest BCUT2D eigenvalue weighted by Crippen LogP contribution is 2.15. The first-order valence-corrected chi connectivity index (χ1v) is 10.2. The van der Waals surface area contributed by atoms with Crippen LogP contribution in [-0.2, 0) is 9.59 Å². The number of hydrogen-bond acceptors (Lipinski definition) is 3. The van der Waals surface area contributed by atoms with Gasteiger partial charge in [0.25, 0.3) is 0 Å². The van der Waals surface area contributed by atoms with Crippen LogP contribution in [0.2, 0.25) is 0 Å². The third-order valence-electron chi connectivity index (χ3n) is 4.48. The van der Waals surface area contributed by atoms with E-state index in [1.54, 1.807) is 4.90 Å². The molecule has 0 heterocycles. The lowest BCUT2D eigenvalue weighted by Crippen LogP contribution is -2.33. The van der Waals surface area contributed by atoms with E-state index < -0.39 is 0 Å². The van der Waals surface area contributed by atoms with Crippen molar-refractivity contribution in [2.75, 3.05) is 18.0 Å². The molecule has 2 amide bonds. The molecule has 0 aliphatic heterocycles. The van der Waals surface area contributed by atoms with Crippen LogP contribution in [0.15, 0.2) is 30.3 Å². The molecule has 0 unspecified atom stereocenters. The molecule has 1 aromatic carbocycles. The average Bonchev–Trinajstić information content (AvgIpc) is 2.69. The molecule has 0 saturated carbocycles. The van der Waals surface area contributed by atoms with Crippen molar-refractivity contribution >= 4 is 17.5 Å². The summed E-state index contributed by atoms with van der Waals surface area (Å²) in [5.74, 6) is -0.204. The van der Waals surface area contributed by atoms with Gasteiger partial charge in [0.05, 0.1) is 12.5 Å². The number of nitrogens with one attached hydrogen (secondary N) is 1. The van der Waals surface area contributed by atoms with Crippen molar-refractivity contribution in [3.8, 4) is 6.07 Å². The summed E-state index contributed by atoms with van der Waals surface area (Å²) in [6, 6.07) is 11.4. The smallest absolute Gasteiger partial charge is 0.227 e. The largest absolute Gasteiger partial charge is 0.356 e. The number of rotatable bonds is 14. The van der Waals surface area contributed by atoms with Crippen molar-refractivity contribution in [3.05, 3.63) is 30.3 Å². The fourth-order valence-corrected chi connectivity index (χ4v) is 2.92. The van der Waals surface area contributed by atoms with Crippen LogP contribution < -0.4 is 10.2 Å². The van der Waals surface area contributed by atoms with Crippen molar-refractivity contribution in [1.29, 1.82) is 5.26 Å². The number of anilines is 1. The molecule has 0 bridgehead atoms. The number of para-hydroxylation sites is 1. The minimum absolute atomic E-state index is 0.0809. The van der Waals surface area contributed by atoms with Crippen molar-refractivity contribution in [3.63, 3.8) is 0 Å². The first-order valence-electron chi connectivity index (χ1n) is 10.2. The second-order valence-electron chi connectivity index (χ2n) is 6.76. The Hall–Kier alpha value is -2.35. The summed E-state index contributed by atoms with van der Waals surface area (Å²) in [4.78, 5) is 26.0. The Balaban J connectivity index is 2.26. The van der Waals surface area contributed by atoms with Gasteiger partial charge in [-0.05, 0) is 18.6 Å². The fourth-order valence-electron chi connectivity index (χ4n) is 2.92. The van der Waals surface area contributed by atoms with Crippen LogP contribution in [0, 0.1) is 11.3 Å². The lowest BCUT2D eigenvalue weighted by Gasteiger charge is -2.21. The number of benzene rings is 1. The van der Waals surface area contributed by atoms with Gasteiger partial charge < -0.3 is 10.2 Å². The van der Waals surface area contributed by atoms with Gasteiger partial charge in [-0.15, -0.1) is 0 Å². The van der Waals surface area contributed by atoms with E-state index in [0.717, 1.165) is 18.5 Å². The van der Waals surface area contributed by atoms with Crippen LogP contribution in [-0.4, -0.2) is 24.9 Å². The summed E-state index contributed by atoms with van der Waals surface area (Å²) in [5.41, 5.74) is 0.765. The van der Waals surface area contributed by atoms with Crippen molar-refractivity contribution in [2.45, 2.75) is 71.1 Å². The number of carbonyl (C=O) groups excluding carboxylic acids is 2. The summed E-state index contributed by atoms with van der Waals surface area (Å²) in [7, 11) is 0. The molecular weight excluding hydrogens is 338 g/mol. The molecule has 0 aromatic heterocycles. The molecule has 1 rings (SSSR count). The molecule has 0 atom stereocenters. The Morgan fingerprint density at radius 2 is 1.67 bits per heavy atom. The van der Waals surface area contributed by atoms with Gasteiger partial charge in [-0.1, -0.05) is 63.6 Å². The molecule has 0 radical (unpaired) electrons. The monoisotopic (exact) mass is 371 g/mol. The molecule has 0 aliphatic rings. The normalized spacial score (nSPS) is 10.2. The third-order valence-corrected chi connectivity index (χ3v) is 4.48. The van der Waals surface area contributed by atoms with Crippen LogP contribution in [0.1, 0.15) is 71.1 Å². The molecule has 1 aromatic rings. The molecule has 0 spiro atoms. The van der Waals surface area contributed by atoms with E-state index in [9.17, 15) is 9.59 Å². The SMILES string of the molecule is CCCCCCCCCNC(=O)CCC(=O)N(CCC#N)c1ccccc1. The van der Waals surface area contributed by atoms with Gasteiger partial charge in [-0.25, -0.2) is 0 Å². The minimum atomic E-state index is -0.123. The summed E-state index contributed by atoms with van der Waals surface area (Å²) >= 11 is 0. The van der Waals surface area contributed by atoms with E-state index in [1.165, 1.54) is 32.1 Å². The molecule has 1 N–H and O–H groups in total. The van der Waals surface area contributed by atoms with Gasteiger partial charge in [0, 0.05) is 31.6 Å². The van der Waals surface area contributed by atoms with Gasteiger partial charge in [0.1, 0.15) is 0 Å². The summed E-state index contributed by atoms with van der Waals surface area (Å²) < 4.78 is 0. The van der Waals surface area contributed by atoms with E-state index in [0.29, 0.717) is 13.1 Å². The number of hydrogen-bond donors (Lipinski definition) is 1. The molecule has 5 heteroatoms. The lowest BCUT2D eigenvalue weighted by atomic mass is 10.1. The quantitative estimate of drug-likeness (QED) is 0.486. The molecule has 0 aliphatic carbocycles. The molecule has 27 heavy (non-hydrogen) atoms. The van der Waals surface area contributed by atoms with E-state index in [-0.39, 0.29) is 31.1 Å². The van der Waals surface area contributed by atoms with E-state index in [2.05, 4.69) is 18.3 Å². The standard InChI is InChI=1S/C22H33N3O2/c1-2-3-4-5-6-7-11-18-24-21(26)15-16-22(27)25(19-12-17-23)20-13-9-8-10-14-20/h8-10,13-14H,2-7,11-12,15-16,18-19H2,1H3,(H,24,26). The number of nitrogens with zero attached hydrogens (tertiary/aromatic N) is 2. The predicted octanol–water partition coefficient (Wildman–Crippen LogP) is 4.58. The van der Waals surface area contributed by atoms with Crippen LogP contribution in [0.25, 0.3) is 0 Å². The minimum Gasteiger partial charge on any atom is -0.356 e. The zero-order chi connectivity index (χ0) is 19.7. The van der Waals surface area contributed by atoms with Crippen LogP contribution in [0.3, 0.4) is 0 Å². The average molecular weight is 372 g/mol. The predicted molar refractivity (Wildman–Crippen MR) is 109 cm³/mol. The van der Waals surface area contributed by atoms with Crippen LogP contribution >= 0.6 is 0 Å². The number of unbranched alkanes of at least 4 members (excludes halogenated alkanes) is 6. The molecular formula is C22H33N3O2. The second kappa shape index (κ2) is 14.8. The summed E-state index contributed by atoms with van der Waals surface area (Å²) in [5, 5.41) is 11.7. The first kappa shape index (κ1) is 22.7. The second-order valence-corrected chi connectivity index (χ2v) is 6.76. The molecule has 148 valence electrons. The zero-order valence-electron chi connectivity index (χ0n) is 16.6. The van der Waals surface area contributed by atoms with Crippen LogP contribution in [0.5, 0.6) is 0 Å². The fraction of sp³-hybridized carbons (Fsp3) is 0.591. The highest BCUT2D eigenvalue weighted by atomic mass is 16.2. The number of amides is 2. The Bertz CT molecular complexity index is 581. The van der Waals surface area contributed by atoms with Gasteiger partial charge in [0.15, 0.2) is 0 Å². The highest BCUT2D eigenvalue weighted by molar-refractivity contribution is 5.95. The van der Waals surface area contributed by atoms with E-state index >= 15 is 0 Å². The summed E-state index contributed by atoms with van der Waals surface area (Å²) in [6.07, 6.45) is 9.09. The molecule has 0 saturated heterocycles. The summed E-state index contributed by atoms with van der Waals surface area (Å²) in [6.45, 7) is 3.24. The van der Waals surface area contributed by atoms with Crippen LogP contribution in [0.4, 0.5) is 5.69 Å². The zero-order valence-corrected chi connectivity index (χ0v) is 16.6. The topological polar surface area (TPSA) is 73.2 Å². The Morgan fingerprint density at radius 1 is 1.00 bits per heavy atom.